The lowest BCUT2D eigenvalue weighted by Crippen LogP contribution is -2.17. The van der Waals surface area contributed by atoms with Crippen molar-refractivity contribution in [1.82, 2.24) is 4.98 Å². The van der Waals surface area contributed by atoms with Gasteiger partial charge in [0.1, 0.15) is 0 Å². The van der Waals surface area contributed by atoms with Crippen LogP contribution >= 0.6 is 0 Å². The lowest BCUT2D eigenvalue weighted by molar-refractivity contribution is 0.728. The molecular weight excluding hydrogens is 328 g/mol. The van der Waals surface area contributed by atoms with Crippen LogP contribution in [0, 0.1) is 12.8 Å². The van der Waals surface area contributed by atoms with Crippen LogP contribution in [0.25, 0.3) is 11.3 Å². The molecule has 1 aliphatic carbocycles. The van der Waals surface area contributed by atoms with Gasteiger partial charge in [-0.05, 0) is 61.7 Å². The monoisotopic (exact) mass is 352 g/mol. The van der Waals surface area contributed by atoms with E-state index >= 15 is 0 Å². The van der Waals surface area contributed by atoms with Crippen molar-refractivity contribution in [3.63, 3.8) is 0 Å². The number of benzene rings is 2. The van der Waals surface area contributed by atoms with E-state index in [0.29, 0.717) is 5.92 Å². The molecule has 134 valence electrons. The van der Waals surface area contributed by atoms with Gasteiger partial charge in [0, 0.05) is 28.8 Å². The number of hydrogen-bond donors (Lipinski definition) is 0. The van der Waals surface area contributed by atoms with E-state index in [0.717, 1.165) is 23.4 Å². The molecule has 0 aliphatic heterocycles. The standard InChI is InChI=1S/C25H24N2/c1-19-9-13-22(14-10-19)27(23-15-11-20(2)12-16-23)24-7-5-6-21(18-24)25-8-3-4-17-26-25/h3-11,13-18,20H,12H2,1-2H3. The number of hydrogen-bond acceptors (Lipinski definition) is 2. The highest BCUT2D eigenvalue weighted by Gasteiger charge is 2.16. The van der Waals surface area contributed by atoms with Gasteiger partial charge < -0.3 is 4.90 Å². The van der Waals surface area contributed by atoms with Gasteiger partial charge in [0.2, 0.25) is 0 Å². The Morgan fingerprint density at radius 2 is 1.78 bits per heavy atom. The van der Waals surface area contributed by atoms with E-state index in [1.54, 1.807) is 0 Å². The van der Waals surface area contributed by atoms with E-state index in [1.165, 1.54) is 16.9 Å². The molecule has 2 nitrogen and oxygen atoms in total. The summed E-state index contributed by atoms with van der Waals surface area (Å²) in [6.45, 7) is 4.37. The summed E-state index contributed by atoms with van der Waals surface area (Å²) >= 11 is 0. The maximum Gasteiger partial charge on any atom is 0.0702 e. The van der Waals surface area contributed by atoms with Crippen molar-refractivity contribution >= 4 is 11.4 Å². The molecule has 1 unspecified atom stereocenters. The van der Waals surface area contributed by atoms with Crippen LogP contribution in [0.15, 0.2) is 96.9 Å². The topological polar surface area (TPSA) is 16.1 Å². The third-order valence-electron chi connectivity index (χ3n) is 4.91. The Morgan fingerprint density at radius 3 is 2.48 bits per heavy atom. The molecule has 0 fully saturated rings. The largest absolute Gasteiger partial charge is 0.311 e. The summed E-state index contributed by atoms with van der Waals surface area (Å²) in [7, 11) is 0. The van der Waals surface area contributed by atoms with Crippen LogP contribution in [0.4, 0.5) is 11.4 Å². The van der Waals surface area contributed by atoms with E-state index in [2.05, 4.69) is 96.6 Å². The van der Waals surface area contributed by atoms with Gasteiger partial charge in [0.15, 0.2) is 0 Å². The van der Waals surface area contributed by atoms with Crippen molar-refractivity contribution in [2.24, 2.45) is 5.92 Å². The quantitative estimate of drug-likeness (QED) is 0.521. The van der Waals surface area contributed by atoms with Crippen LogP contribution in [0.1, 0.15) is 18.9 Å². The molecule has 2 heteroatoms. The predicted molar refractivity (Wildman–Crippen MR) is 114 cm³/mol. The molecular formula is C25H24N2. The highest BCUT2D eigenvalue weighted by atomic mass is 15.1. The maximum absolute atomic E-state index is 4.51. The normalized spacial score (nSPS) is 16.1. The number of aromatic nitrogens is 1. The zero-order valence-corrected chi connectivity index (χ0v) is 15.8. The van der Waals surface area contributed by atoms with Crippen molar-refractivity contribution in [1.29, 1.82) is 0 Å². The number of anilines is 2. The first-order valence-electron chi connectivity index (χ1n) is 9.47. The van der Waals surface area contributed by atoms with Crippen LogP contribution in [0.5, 0.6) is 0 Å². The molecule has 0 saturated carbocycles. The Bertz CT molecular complexity index is 969. The Labute approximate surface area is 161 Å². The van der Waals surface area contributed by atoms with E-state index < -0.39 is 0 Å². The SMILES string of the molecule is Cc1ccc(N(C2=CCC(C)C=C2)c2cccc(-c3ccccn3)c2)cc1. The second kappa shape index (κ2) is 7.63. The predicted octanol–water partition coefficient (Wildman–Crippen LogP) is 6.68. The van der Waals surface area contributed by atoms with Gasteiger partial charge in [-0.3, -0.25) is 4.98 Å². The first-order chi connectivity index (χ1) is 13.2. The number of allylic oxidation sites excluding steroid dienone is 3. The first kappa shape index (κ1) is 17.3. The van der Waals surface area contributed by atoms with Crippen molar-refractivity contribution in [2.75, 3.05) is 4.90 Å². The zero-order valence-electron chi connectivity index (χ0n) is 15.8. The molecule has 1 atom stereocenters. The number of rotatable bonds is 4. The maximum atomic E-state index is 4.51. The van der Waals surface area contributed by atoms with E-state index in [-0.39, 0.29) is 0 Å². The Kier molecular flexibility index (Phi) is 4.88. The van der Waals surface area contributed by atoms with Gasteiger partial charge >= 0.3 is 0 Å². The third-order valence-corrected chi connectivity index (χ3v) is 4.91. The lowest BCUT2D eigenvalue weighted by atomic mass is 10.00. The van der Waals surface area contributed by atoms with Crippen molar-refractivity contribution in [2.45, 2.75) is 20.3 Å². The highest BCUT2D eigenvalue weighted by molar-refractivity contribution is 5.75. The highest BCUT2D eigenvalue weighted by Crippen LogP contribution is 2.34. The summed E-state index contributed by atoms with van der Waals surface area (Å²) in [6.07, 6.45) is 9.76. The molecule has 0 N–H and O–H groups in total. The van der Waals surface area contributed by atoms with Gasteiger partial charge in [-0.2, -0.15) is 0 Å². The smallest absolute Gasteiger partial charge is 0.0702 e. The van der Waals surface area contributed by atoms with Crippen LogP contribution in [0.2, 0.25) is 0 Å². The summed E-state index contributed by atoms with van der Waals surface area (Å²) < 4.78 is 0. The third kappa shape index (κ3) is 3.85. The van der Waals surface area contributed by atoms with Crippen molar-refractivity contribution in [3.05, 3.63) is 102 Å². The lowest BCUT2D eigenvalue weighted by Gasteiger charge is -2.29. The fourth-order valence-corrected chi connectivity index (χ4v) is 3.36. The Morgan fingerprint density at radius 1 is 0.926 bits per heavy atom. The van der Waals surface area contributed by atoms with Gasteiger partial charge in [0.25, 0.3) is 0 Å². The molecule has 1 aromatic heterocycles. The number of nitrogens with zero attached hydrogens (tertiary/aromatic N) is 2. The Balaban J connectivity index is 1.79. The summed E-state index contributed by atoms with van der Waals surface area (Å²) in [5.41, 5.74) is 6.92. The molecule has 0 amide bonds. The summed E-state index contributed by atoms with van der Waals surface area (Å²) in [5, 5.41) is 0. The molecule has 4 rings (SSSR count). The minimum absolute atomic E-state index is 0.591. The molecule has 1 aliphatic rings. The zero-order chi connectivity index (χ0) is 18.6. The fraction of sp³-hybridized carbons (Fsp3) is 0.160. The molecule has 0 spiro atoms. The van der Waals surface area contributed by atoms with E-state index in [9.17, 15) is 0 Å². The summed E-state index contributed by atoms with van der Waals surface area (Å²) in [4.78, 5) is 6.84. The van der Waals surface area contributed by atoms with Gasteiger partial charge in [0.05, 0.1) is 5.69 Å². The second-order valence-corrected chi connectivity index (χ2v) is 7.14. The molecule has 0 radical (unpaired) electrons. The molecule has 2 aromatic carbocycles. The number of aryl methyl sites for hydroxylation is 1. The molecule has 0 saturated heterocycles. The fourth-order valence-electron chi connectivity index (χ4n) is 3.36. The summed E-state index contributed by atoms with van der Waals surface area (Å²) in [5.74, 6) is 0.591. The minimum Gasteiger partial charge on any atom is -0.311 e. The molecule has 27 heavy (non-hydrogen) atoms. The first-order valence-corrected chi connectivity index (χ1v) is 9.47. The minimum atomic E-state index is 0.591. The van der Waals surface area contributed by atoms with Gasteiger partial charge in [-0.1, -0.05) is 55.0 Å². The molecule has 1 heterocycles. The average molecular weight is 352 g/mol. The van der Waals surface area contributed by atoms with E-state index in [4.69, 9.17) is 0 Å². The Hall–Kier alpha value is -3.13. The number of pyridine rings is 1. The van der Waals surface area contributed by atoms with Crippen molar-refractivity contribution < 1.29 is 0 Å². The summed E-state index contributed by atoms with van der Waals surface area (Å²) in [6, 6.07) is 23.4. The van der Waals surface area contributed by atoms with Crippen LogP contribution in [0.3, 0.4) is 0 Å². The van der Waals surface area contributed by atoms with Crippen LogP contribution in [-0.2, 0) is 0 Å². The van der Waals surface area contributed by atoms with Gasteiger partial charge in [-0.25, -0.2) is 0 Å². The average Bonchev–Trinajstić information content (AvgIpc) is 2.72. The van der Waals surface area contributed by atoms with Gasteiger partial charge in [-0.15, -0.1) is 0 Å². The van der Waals surface area contributed by atoms with Crippen molar-refractivity contribution in [3.8, 4) is 11.3 Å². The molecule has 0 bridgehead atoms. The van der Waals surface area contributed by atoms with E-state index in [1.807, 2.05) is 18.3 Å². The van der Waals surface area contributed by atoms with Crippen LogP contribution in [-0.4, -0.2) is 4.98 Å². The van der Waals surface area contributed by atoms with Crippen LogP contribution < -0.4 is 4.90 Å². The second-order valence-electron chi connectivity index (χ2n) is 7.14. The molecule has 3 aromatic rings.